The molecule has 1 N–H and O–H groups in total. The summed E-state index contributed by atoms with van der Waals surface area (Å²) in [7, 11) is 0. The van der Waals surface area contributed by atoms with E-state index >= 15 is 0 Å². The molecule has 1 aromatic rings. The lowest BCUT2D eigenvalue weighted by molar-refractivity contribution is 0.0340. The van der Waals surface area contributed by atoms with E-state index in [9.17, 15) is 9.59 Å². The summed E-state index contributed by atoms with van der Waals surface area (Å²) in [5.41, 5.74) is -0.142. The lowest BCUT2D eigenvalue weighted by Gasteiger charge is -2.19. The third-order valence-corrected chi connectivity index (χ3v) is 1.83. The first-order valence-corrected chi connectivity index (χ1v) is 5.57. The number of carbonyl (C=O) groups is 2. The first-order chi connectivity index (χ1) is 8.38. The van der Waals surface area contributed by atoms with Crippen LogP contribution in [0.5, 0.6) is 0 Å². The predicted molar refractivity (Wildman–Crippen MR) is 66.1 cm³/mol. The van der Waals surface area contributed by atoms with Gasteiger partial charge in [0.15, 0.2) is 6.73 Å². The lowest BCUT2D eigenvalue weighted by Crippen LogP contribution is -2.34. The maximum absolute atomic E-state index is 11.5. The summed E-state index contributed by atoms with van der Waals surface area (Å²) in [6.07, 6.45) is -0.622. The van der Waals surface area contributed by atoms with Crippen molar-refractivity contribution in [2.75, 3.05) is 6.73 Å². The third-order valence-electron chi connectivity index (χ3n) is 1.83. The fourth-order valence-corrected chi connectivity index (χ4v) is 1.13. The number of rotatable bonds is 3. The van der Waals surface area contributed by atoms with Crippen molar-refractivity contribution in [2.24, 2.45) is 0 Å². The Balaban J connectivity index is 2.30. The standard InChI is InChI=1S/C13H17NO4/c1-13(2,3)18-12(16)14-9-17-11(15)10-7-5-4-6-8-10/h4-8H,9H2,1-3H3,(H,14,16). The first kappa shape index (κ1) is 14.0. The van der Waals surface area contributed by atoms with Gasteiger partial charge in [0, 0.05) is 0 Å². The first-order valence-electron chi connectivity index (χ1n) is 5.57. The number of nitrogens with one attached hydrogen (secondary N) is 1. The molecular weight excluding hydrogens is 234 g/mol. The van der Waals surface area contributed by atoms with Gasteiger partial charge in [0.05, 0.1) is 5.56 Å². The van der Waals surface area contributed by atoms with Crippen LogP contribution in [0, 0.1) is 0 Å². The molecule has 0 aliphatic heterocycles. The van der Waals surface area contributed by atoms with Crippen LogP contribution >= 0.6 is 0 Å². The van der Waals surface area contributed by atoms with E-state index in [4.69, 9.17) is 9.47 Å². The second-order valence-corrected chi connectivity index (χ2v) is 4.62. The summed E-state index contributed by atoms with van der Waals surface area (Å²) < 4.78 is 9.85. The van der Waals surface area contributed by atoms with E-state index in [0.717, 1.165) is 0 Å². The minimum Gasteiger partial charge on any atom is -0.444 e. The second kappa shape index (κ2) is 6.05. The largest absolute Gasteiger partial charge is 0.444 e. The van der Waals surface area contributed by atoms with Crippen LogP contribution < -0.4 is 5.32 Å². The monoisotopic (exact) mass is 251 g/mol. The second-order valence-electron chi connectivity index (χ2n) is 4.62. The van der Waals surface area contributed by atoms with Crippen LogP contribution in [-0.4, -0.2) is 24.4 Å². The number of ether oxygens (including phenoxy) is 2. The highest BCUT2D eigenvalue weighted by atomic mass is 16.6. The number of benzene rings is 1. The molecule has 0 saturated heterocycles. The Hall–Kier alpha value is -2.04. The average molecular weight is 251 g/mol. The summed E-state index contributed by atoms with van der Waals surface area (Å²) in [5.74, 6) is -0.494. The minimum atomic E-state index is -0.622. The highest BCUT2D eigenvalue weighted by Crippen LogP contribution is 2.06. The van der Waals surface area contributed by atoms with Crippen molar-refractivity contribution in [3.63, 3.8) is 0 Å². The SMILES string of the molecule is CC(C)(C)OC(=O)NCOC(=O)c1ccccc1. The molecule has 0 aliphatic rings. The maximum atomic E-state index is 11.5. The number of esters is 1. The molecule has 0 fully saturated rings. The molecule has 0 aliphatic carbocycles. The van der Waals surface area contributed by atoms with Crippen LogP contribution in [0.15, 0.2) is 30.3 Å². The number of hydrogen-bond acceptors (Lipinski definition) is 4. The van der Waals surface area contributed by atoms with Crippen LogP contribution in [0.3, 0.4) is 0 Å². The van der Waals surface area contributed by atoms with Gasteiger partial charge in [-0.15, -0.1) is 0 Å². The van der Waals surface area contributed by atoms with Crippen molar-refractivity contribution in [3.8, 4) is 0 Å². The normalized spacial score (nSPS) is 10.6. The van der Waals surface area contributed by atoms with Crippen molar-refractivity contribution < 1.29 is 19.1 Å². The quantitative estimate of drug-likeness (QED) is 0.661. The van der Waals surface area contributed by atoms with Crippen molar-refractivity contribution in [2.45, 2.75) is 26.4 Å². The molecule has 0 atom stereocenters. The van der Waals surface area contributed by atoms with Gasteiger partial charge in [-0.2, -0.15) is 0 Å². The molecule has 1 rings (SSSR count). The van der Waals surface area contributed by atoms with Gasteiger partial charge in [-0.05, 0) is 32.9 Å². The number of amides is 1. The molecule has 0 radical (unpaired) electrons. The molecule has 0 aromatic heterocycles. The summed E-state index contributed by atoms with van der Waals surface area (Å²) in [5, 5.41) is 2.34. The number of carbonyl (C=O) groups excluding carboxylic acids is 2. The summed E-state index contributed by atoms with van der Waals surface area (Å²) in [6.45, 7) is 5.04. The molecule has 1 aromatic carbocycles. The average Bonchev–Trinajstić information content (AvgIpc) is 2.27. The van der Waals surface area contributed by atoms with Gasteiger partial charge in [0.2, 0.25) is 0 Å². The molecule has 5 nitrogen and oxygen atoms in total. The Kier molecular flexibility index (Phi) is 4.71. The molecule has 1 amide bonds. The molecule has 0 bridgehead atoms. The molecule has 98 valence electrons. The topological polar surface area (TPSA) is 64.6 Å². The molecular formula is C13H17NO4. The van der Waals surface area contributed by atoms with E-state index in [-0.39, 0.29) is 6.73 Å². The van der Waals surface area contributed by atoms with Crippen molar-refractivity contribution in [3.05, 3.63) is 35.9 Å². The number of alkyl carbamates (subject to hydrolysis) is 1. The zero-order valence-electron chi connectivity index (χ0n) is 10.7. The highest BCUT2D eigenvalue weighted by molar-refractivity contribution is 5.89. The fourth-order valence-electron chi connectivity index (χ4n) is 1.13. The van der Waals surface area contributed by atoms with Gasteiger partial charge >= 0.3 is 12.1 Å². The van der Waals surface area contributed by atoms with Crippen LogP contribution in [0.1, 0.15) is 31.1 Å². The Bertz CT molecular complexity index is 409. The van der Waals surface area contributed by atoms with Gasteiger partial charge in [-0.1, -0.05) is 18.2 Å². The lowest BCUT2D eigenvalue weighted by atomic mass is 10.2. The van der Waals surface area contributed by atoms with Crippen molar-refractivity contribution >= 4 is 12.1 Å². The number of hydrogen-bond donors (Lipinski definition) is 1. The van der Waals surface area contributed by atoms with Gasteiger partial charge in [-0.3, -0.25) is 5.32 Å². The smallest absolute Gasteiger partial charge is 0.410 e. The van der Waals surface area contributed by atoms with Crippen LogP contribution in [0.4, 0.5) is 4.79 Å². The van der Waals surface area contributed by atoms with E-state index in [1.165, 1.54) is 0 Å². The van der Waals surface area contributed by atoms with E-state index in [2.05, 4.69) is 5.32 Å². The Morgan fingerprint density at radius 1 is 1.17 bits per heavy atom. The Morgan fingerprint density at radius 2 is 1.78 bits per heavy atom. The molecule has 18 heavy (non-hydrogen) atoms. The molecule has 0 saturated carbocycles. The van der Waals surface area contributed by atoms with Crippen molar-refractivity contribution in [1.29, 1.82) is 0 Å². The Morgan fingerprint density at radius 3 is 2.33 bits per heavy atom. The summed E-state index contributed by atoms with van der Waals surface area (Å²) in [4.78, 5) is 22.7. The van der Waals surface area contributed by atoms with Crippen molar-refractivity contribution in [1.82, 2.24) is 5.32 Å². The van der Waals surface area contributed by atoms with Crippen LogP contribution in [0.2, 0.25) is 0 Å². The third kappa shape index (κ3) is 5.34. The van der Waals surface area contributed by atoms with Crippen LogP contribution in [-0.2, 0) is 9.47 Å². The van der Waals surface area contributed by atoms with E-state index in [1.807, 2.05) is 0 Å². The van der Waals surface area contributed by atoms with Gasteiger partial charge in [-0.25, -0.2) is 9.59 Å². The zero-order valence-corrected chi connectivity index (χ0v) is 10.7. The van der Waals surface area contributed by atoms with Crippen LogP contribution in [0.25, 0.3) is 0 Å². The van der Waals surface area contributed by atoms with Gasteiger partial charge < -0.3 is 9.47 Å². The fraction of sp³-hybridized carbons (Fsp3) is 0.385. The highest BCUT2D eigenvalue weighted by Gasteiger charge is 2.16. The van der Waals surface area contributed by atoms with E-state index in [1.54, 1.807) is 51.1 Å². The maximum Gasteiger partial charge on any atom is 0.410 e. The zero-order chi connectivity index (χ0) is 13.6. The Labute approximate surface area is 106 Å². The minimum absolute atomic E-state index is 0.220. The summed E-state index contributed by atoms with van der Waals surface area (Å²) >= 11 is 0. The van der Waals surface area contributed by atoms with Gasteiger partial charge in [0.25, 0.3) is 0 Å². The molecule has 0 heterocycles. The summed E-state index contributed by atoms with van der Waals surface area (Å²) in [6, 6.07) is 8.54. The van der Waals surface area contributed by atoms with E-state index < -0.39 is 17.7 Å². The van der Waals surface area contributed by atoms with E-state index in [0.29, 0.717) is 5.56 Å². The molecule has 5 heteroatoms. The predicted octanol–water partition coefficient (Wildman–Crippen LogP) is 2.33. The van der Waals surface area contributed by atoms with Gasteiger partial charge in [0.1, 0.15) is 5.60 Å². The molecule has 0 spiro atoms. The molecule has 0 unspecified atom stereocenters.